The van der Waals surface area contributed by atoms with Crippen LogP contribution in [0.25, 0.3) is 0 Å². The van der Waals surface area contributed by atoms with Gasteiger partial charge in [-0.3, -0.25) is 0 Å². The average Bonchev–Trinajstić information content (AvgIpc) is 2.09. The van der Waals surface area contributed by atoms with E-state index in [1.54, 1.807) is 0 Å². The molecule has 1 aliphatic heterocycles. The predicted octanol–water partition coefficient (Wildman–Crippen LogP) is 1.31. The molecule has 1 heterocycles. The fraction of sp³-hybridized carbons (Fsp3) is 1.00. The van der Waals surface area contributed by atoms with E-state index < -0.39 is 0 Å². The summed E-state index contributed by atoms with van der Waals surface area (Å²) in [5.41, 5.74) is 5.61. The summed E-state index contributed by atoms with van der Waals surface area (Å²) in [5, 5.41) is 0. The number of piperidine rings is 1. The molecule has 0 aromatic rings. The minimum atomic E-state index is 0.721. The molecule has 1 fully saturated rings. The third kappa shape index (κ3) is 3.11. The molecule has 2 N–H and O–H groups in total. The first-order valence-electron chi connectivity index (χ1n) is 5.11. The van der Waals surface area contributed by atoms with Gasteiger partial charge >= 0.3 is 0 Å². The number of hydrogen-bond acceptors (Lipinski definition) is 2. The fourth-order valence-corrected chi connectivity index (χ4v) is 1.96. The summed E-state index contributed by atoms with van der Waals surface area (Å²) in [6.07, 6.45) is 4.09. The van der Waals surface area contributed by atoms with Crippen LogP contribution in [0.3, 0.4) is 0 Å². The highest BCUT2D eigenvalue weighted by molar-refractivity contribution is 4.72. The van der Waals surface area contributed by atoms with Crippen molar-refractivity contribution in [1.29, 1.82) is 0 Å². The Kier molecular flexibility index (Phi) is 4.02. The monoisotopic (exact) mass is 170 g/mol. The van der Waals surface area contributed by atoms with Crippen LogP contribution in [0.1, 0.15) is 26.2 Å². The van der Waals surface area contributed by atoms with Crippen LogP contribution in [0, 0.1) is 11.8 Å². The van der Waals surface area contributed by atoms with Gasteiger partial charge in [-0.1, -0.05) is 6.92 Å². The van der Waals surface area contributed by atoms with Crippen molar-refractivity contribution in [3.05, 3.63) is 0 Å². The van der Waals surface area contributed by atoms with E-state index in [0.717, 1.165) is 18.4 Å². The van der Waals surface area contributed by atoms with E-state index in [0.29, 0.717) is 0 Å². The highest BCUT2D eigenvalue weighted by Gasteiger charge is 2.17. The maximum atomic E-state index is 5.61. The molecule has 1 rings (SSSR count). The highest BCUT2D eigenvalue weighted by atomic mass is 15.1. The van der Waals surface area contributed by atoms with Crippen LogP contribution < -0.4 is 5.73 Å². The molecule has 1 aliphatic rings. The topological polar surface area (TPSA) is 29.3 Å². The van der Waals surface area contributed by atoms with Crippen LogP contribution in [0.4, 0.5) is 0 Å². The Morgan fingerprint density at radius 2 is 2.00 bits per heavy atom. The van der Waals surface area contributed by atoms with Gasteiger partial charge in [0.25, 0.3) is 0 Å². The van der Waals surface area contributed by atoms with Crippen LogP contribution in [0.2, 0.25) is 0 Å². The molecule has 1 atom stereocenters. The third-order valence-corrected chi connectivity index (χ3v) is 2.98. The van der Waals surface area contributed by atoms with E-state index in [4.69, 9.17) is 5.73 Å². The smallest absolute Gasteiger partial charge is 0.00191 e. The Labute approximate surface area is 76.1 Å². The minimum Gasteiger partial charge on any atom is -0.330 e. The lowest BCUT2D eigenvalue weighted by molar-refractivity contribution is 0.199. The second-order valence-corrected chi connectivity index (χ2v) is 4.32. The Bertz CT molecular complexity index is 117. The molecular weight excluding hydrogens is 148 g/mol. The van der Waals surface area contributed by atoms with Crippen LogP contribution >= 0.6 is 0 Å². The Morgan fingerprint density at radius 1 is 1.42 bits per heavy atom. The van der Waals surface area contributed by atoms with Gasteiger partial charge in [0.05, 0.1) is 0 Å². The zero-order valence-corrected chi connectivity index (χ0v) is 8.42. The van der Waals surface area contributed by atoms with Crippen molar-refractivity contribution in [2.75, 3.05) is 26.7 Å². The number of rotatable bonds is 3. The minimum absolute atomic E-state index is 0.721. The zero-order chi connectivity index (χ0) is 8.97. The van der Waals surface area contributed by atoms with Gasteiger partial charge in [0, 0.05) is 0 Å². The van der Waals surface area contributed by atoms with E-state index >= 15 is 0 Å². The van der Waals surface area contributed by atoms with Gasteiger partial charge in [-0.05, 0) is 57.8 Å². The SMILES string of the molecule is CC(CN)CC1CCN(C)CC1. The van der Waals surface area contributed by atoms with Crippen LogP contribution in [-0.4, -0.2) is 31.6 Å². The molecule has 0 bridgehead atoms. The lowest BCUT2D eigenvalue weighted by Gasteiger charge is -2.30. The van der Waals surface area contributed by atoms with Gasteiger partial charge in [-0.2, -0.15) is 0 Å². The van der Waals surface area contributed by atoms with Crippen molar-refractivity contribution < 1.29 is 0 Å². The van der Waals surface area contributed by atoms with Gasteiger partial charge in [0.15, 0.2) is 0 Å². The molecule has 0 aliphatic carbocycles. The maximum absolute atomic E-state index is 5.61. The maximum Gasteiger partial charge on any atom is -0.00191 e. The summed E-state index contributed by atoms with van der Waals surface area (Å²) in [6, 6.07) is 0. The first kappa shape index (κ1) is 10.0. The van der Waals surface area contributed by atoms with Crippen LogP contribution in [0.5, 0.6) is 0 Å². The number of likely N-dealkylation sites (tertiary alicyclic amines) is 1. The quantitative estimate of drug-likeness (QED) is 0.692. The molecule has 1 unspecified atom stereocenters. The van der Waals surface area contributed by atoms with Gasteiger partial charge in [-0.25, -0.2) is 0 Å². The molecule has 2 heteroatoms. The van der Waals surface area contributed by atoms with Gasteiger partial charge in [0.2, 0.25) is 0 Å². The Morgan fingerprint density at radius 3 is 2.50 bits per heavy atom. The van der Waals surface area contributed by atoms with Gasteiger partial charge in [-0.15, -0.1) is 0 Å². The first-order valence-corrected chi connectivity index (χ1v) is 5.11. The lowest BCUT2D eigenvalue weighted by atomic mass is 9.88. The molecule has 0 radical (unpaired) electrons. The van der Waals surface area contributed by atoms with Crippen molar-refractivity contribution in [2.45, 2.75) is 26.2 Å². The number of nitrogens with two attached hydrogens (primary N) is 1. The van der Waals surface area contributed by atoms with E-state index in [1.807, 2.05) is 0 Å². The second-order valence-electron chi connectivity index (χ2n) is 4.32. The molecule has 1 saturated heterocycles. The average molecular weight is 170 g/mol. The van der Waals surface area contributed by atoms with Gasteiger partial charge in [0.1, 0.15) is 0 Å². The lowest BCUT2D eigenvalue weighted by Crippen LogP contribution is -2.31. The fourth-order valence-electron chi connectivity index (χ4n) is 1.96. The molecule has 0 aromatic heterocycles. The van der Waals surface area contributed by atoms with Gasteiger partial charge < -0.3 is 10.6 Å². The first-order chi connectivity index (χ1) is 5.72. The number of hydrogen-bond donors (Lipinski definition) is 1. The molecule has 2 nitrogen and oxygen atoms in total. The Hall–Kier alpha value is -0.0800. The van der Waals surface area contributed by atoms with Crippen molar-refractivity contribution in [1.82, 2.24) is 4.90 Å². The van der Waals surface area contributed by atoms with Crippen molar-refractivity contribution in [3.63, 3.8) is 0 Å². The van der Waals surface area contributed by atoms with E-state index in [9.17, 15) is 0 Å². The van der Waals surface area contributed by atoms with E-state index in [2.05, 4.69) is 18.9 Å². The van der Waals surface area contributed by atoms with Crippen molar-refractivity contribution in [3.8, 4) is 0 Å². The van der Waals surface area contributed by atoms with E-state index in [-0.39, 0.29) is 0 Å². The van der Waals surface area contributed by atoms with Crippen molar-refractivity contribution in [2.24, 2.45) is 17.6 Å². The van der Waals surface area contributed by atoms with Crippen molar-refractivity contribution >= 4 is 0 Å². The molecule has 12 heavy (non-hydrogen) atoms. The largest absolute Gasteiger partial charge is 0.330 e. The molecule has 0 amide bonds. The zero-order valence-electron chi connectivity index (χ0n) is 8.42. The molecular formula is C10H22N2. The Balaban J connectivity index is 2.17. The standard InChI is InChI=1S/C10H22N2/c1-9(8-11)7-10-3-5-12(2)6-4-10/h9-10H,3-8,11H2,1-2H3. The predicted molar refractivity (Wildman–Crippen MR) is 53.1 cm³/mol. The number of nitrogens with zero attached hydrogens (tertiary/aromatic N) is 1. The summed E-state index contributed by atoms with van der Waals surface area (Å²) in [7, 11) is 2.21. The highest BCUT2D eigenvalue weighted by Crippen LogP contribution is 2.22. The summed E-state index contributed by atoms with van der Waals surface area (Å²) in [4.78, 5) is 2.42. The molecule has 72 valence electrons. The molecule has 0 aromatic carbocycles. The summed E-state index contributed by atoms with van der Waals surface area (Å²) in [6.45, 7) is 5.68. The van der Waals surface area contributed by atoms with E-state index in [1.165, 1.54) is 32.4 Å². The van der Waals surface area contributed by atoms with Crippen LogP contribution in [-0.2, 0) is 0 Å². The molecule has 0 spiro atoms. The summed E-state index contributed by atoms with van der Waals surface area (Å²) >= 11 is 0. The second kappa shape index (κ2) is 4.83. The summed E-state index contributed by atoms with van der Waals surface area (Å²) < 4.78 is 0. The summed E-state index contributed by atoms with van der Waals surface area (Å²) in [5.74, 6) is 1.66. The normalized spacial score (nSPS) is 24.2. The van der Waals surface area contributed by atoms with Crippen LogP contribution in [0.15, 0.2) is 0 Å². The third-order valence-electron chi connectivity index (χ3n) is 2.98. The molecule has 0 saturated carbocycles.